The number of allylic oxidation sites excluding steroid dienone is 1. The maximum Gasteiger partial charge on any atom is 0.299 e. The first-order valence-electron chi connectivity index (χ1n) is 6.68. The van der Waals surface area contributed by atoms with Crippen LogP contribution in [0.4, 0.5) is 5.69 Å². The van der Waals surface area contributed by atoms with Crippen molar-refractivity contribution in [2.24, 2.45) is 0 Å². The molecule has 2 N–H and O–H groups in total. The highest BCUT2D eigenvalue weighted by molar-refractivity contribution is 7.87. The summed E-state index contributed by atoms with van der Waals surface area (Å²) in [5.74, 6) is -0.195. The lowest BCUT2D eigenvalue weighted by molar-refractivity contribution is -0.385. The summed E-state index contributed by atoms with van der Waals surface area (Å²) < 4.78 is 28.5. The van der Waals surface area contributed by atoms with Crippen LogP contribution >= 0.6 is 0 Å². The average molecular weight is 323 g/mol. The number of nitrogens with one attached hydrogen (secondary N) is 2. The van der Waals surface area contributed by atoms with Crippen molar-refractivity contribution in [1.82, 2.24) is 9.44 Å². The molecule has 1 aromatic carbocycles. The Morgan fingerprint density at radius 3 is 2.68 bits per heavy atom. The third-order valence-electron chi connectivity index (χ3n) is 3.72. The Morgan fingerprint density at radius 1 is 1.23 bits per heavy atom. The van der Waals surface area contributed by atoms with E-state index in [1.54, 1.807) is 6.07 Å². The number of nitro groups is 1. The molecule has 0 fully saturated rings. The number of hydrogen-bond acceptors (Lipinski definition) is 5. The number of hydrogen-bond donors (Lipinski definition) is 2. The Kier molecular flexibility index (Phi) is 3.45. The third kappa shape index (κ3) is 2.48. The van der Waals surface area contributed by atoms with Gasteiger partial charge in [-0.25, -0.2) is 0 Å². The molecule has 1 aliphatic carbocycles. The van der Waals surface area contributed by atoms with Gasteiger partial charge in [-0.15, -0.1) is 0 Å². The normalized spacial score (nSPS) is 23.6. The van der Waals surface area contributed by atoms with Crippen molar-refractivity contribution in [2.75, 3.05) is 0 Å². The highest BCUT2D eigenvalue weighted by Gasteiger charge is 2.39. The summed E-state index contributed by atoms with van der Waals surface area (Å²) in [6.07, 6.45) is 1.29. The van der Waals surface area contributed by atoms with Gasteiger partial charge in [0.05, 0.1) is 16.5 Å². The zero-order valence-electron chi connectivity index (χ0n) is 11.4. The van der Waals surface area contributed by atoms with E-state index in [0.29, 0.717) is 25.0 Å². The fourth-order valence-corrected chi connectivity index (χ4v) is 3.98. The highest BCUT2D eigenvalue weighted by atomic mass is 32.2. The van der Waals surface area contributed by atoms with Gasteiger partial charge in [-0.1, -0.05) is 18.2 Å². The predicted molar refractivity (Wildman–Crippen MR) is 76.9 cm³/mol. The first kappa shape index (κ1) is 14.7. The summed E-state index contributed by atoms with van der Waals surface area (Å²) in [6, 6.07) is 4.79. The van der Waals surface area contributed by atoms with Crippen LogP contribution in [0.15, 0.2) is 35.5 Å². The second-order valence-electron chi connectivity index (χ2n) is 5.14. The zero-order chi connectivity index (χ0) is 15.9. The largest absolute Gasteiger partial charge is 0.299 e. The minimum absolute atomic E-state index is 0.167. The molecule has 116 valence electrons. The number of nitro benzene ring substituents is 1. The van der Waals surface area contributed by atoms with Crippen molar-refractivity contribution in [3.8, 4) is 0 Å². The van der Waals surface area contributed by atoms with Gasteiger partial charge in [-0.3, -0.25) is 19.6 Å². The summed E-state index contributed by atoms with van der Waals surface area (Å²) in [5, 5.41) is 11.2. The van der Waals surface area contributed by atoms with Gasteiger partial charge < -0.3 is 0 Å². The molecule has 8 nitrogen and oxygen atoms in total. The molecule has 1 aromatic rings. The van der Waals surface area contributed by atoms with Crippen molar-refractivity contribution < 1.29 is 18.1 Å². The lowest BCUT2D eigenvalue weighted by atomic mass is 9.86. The number of Topliss-reactive ketones (excluding diaryl/α,β-unsaturated/α-hetero) is 1. The van der Waals surface area contributed by atoms with Crippen LogP contribution in [0.5, 0.6) is 0 Å². The van der Waals surface area contributed by atoms with Crippen molar-refractivity contribution in [1.29, 1.82) is 0 Å². The molecule has 22 heavy (non-hydrogen) atoms. The fourth-order valence-electron chi connectivity index (χ4n) is 2.83. The first-order chi connectivity index (χ1) is 10.4. The van der Waals surface area contributed by atoms with Crippen molar-refractivity contribution in [3.05, 3.63) is 51.2 Å². The number of ketones is 1. The second-order valence-corrected chi connectivity index (χ2v) is 6.59. The van der Waals surface area contributed by atoms with E-state index >= 15 is 0 Å². The average Bonchev–Trinajstić information content (AvgIpc) is 2.45. The third-order valence-corrected chi connectivity index (χ3v) is 4.78. The van der Waals surface area contributed by atoms with E-state index in [1.807, 2.05) is 0 Å². The number of benzene rings is 1. The molecule has 1 atom stereocenters. The highest BCUT2D eigenvalue weighted by Crippen LogP contribution is 2.37. The van der Waals surface area contributed by atoms with Crippen LogP contribution in [-0.2, 0) is 15.0 Å². The van der Waals surface area contributed by atoms with Crippen molar-refractivity contribution in [3.63, 3.8) is 0 Å². The SMILES string of the molecule is O=C1CCCC2=C1C(c1ccccc1[N+](=O)[O-])NS(=O)(=O)N2. The van der Waals surface area contributed by atoms with Gasteiger partial charge in [0.15, 0.2) is 5.78 Å². The van der Waals surface area contributed by atoms with Crippen LogP contribution in [0.1, 0.15) is 30.9 Å². The molecule has 1 aliphatic heterocycles. The van der Waals surface area contributed by atoms with Crippen LogP contribution in [0.3, 0.4) is 0 Å². The molecule has 0 spiro atoms. The minimum Gasteiger partial charge on any atom is -0.294 e. The molecule has 0 saturated heterocycles. The lowest BCUT2D eigenvalue weighted by Crippen LogP contribution is -2.47. The zero-order valence-corrected chi connectivity index (χ0v) is 12.2. The molecule has 0 saturated carbocycles. The number of para-hydroxylation sites is 1. The quantitative estimate of drug-likeness (QED) is 0.623. The van der Waals surface area contributed by atoms with E-state index in [1.165, 1.54) is 18.2 Å². The summed E-state index contributed by atoms with van der Waals surface area (Å²) >= 11 is 0. The Balaban J connectivity index is 2.20. The first-order valence-corrected chi connectivity index (χ1v) is 8.17. The van der Waals surface area contributed by atoms with Gasteiger partial charge in [0.1, 0.15) is 0 Å². The molecule has 1 unspecified atom stereocenters. The molecule has 0 radical (unpaired) electrons. The number of carbonyl (C=O) groups is 1. The Bertz CT molecular complexity index is 800. The monoisotopic (exact) mass is 323 g/mol. The molecule has 2 aliphatic rings. The molecule has 1 heterocycles. The van der Waals surface area contributed by atoms with Gasteiger partial charge in [-0.2, -0.15) is 13.1 Å². The van der Waals surface area contributed by atoms with E-state index in [9.17, 15) is 23.3 Å². The van der Waals surface area contributed by atoms with Gasteiger partial charge in [-0.05, 0) is 12.8 Å². The smallest absolute Gasteiger partial charge is 0.294 e. The standard InChI is InChI=1S/C13H13N3O5S/c17-11-7-3-5-9-12(11)13(15-22(20,21)14-9)8-4-1-2-6-10(8)16(18)19/h1-2,4,6,13-15H,3,5,7H2. The molecule has 9 heteroatoms. The van der Waals surface area contributed by atoms with E-state index in [4.69, 9.17) is 0 Å². The van der Waals surface area contributed by atoms with Crippen LogP contribution in [-0.4, -0.2) is 19.1 Å². The van der Waals surface area contributed by atoms with Gasteiger partial charge in [0, 0.05) is 23.8 Å². The Labute approximate surface area is 126 Å². The van der Waals surface area contributed by atoms with E-state index in [-0.39, 0.29) is 22.6 Å². The Morgan fingerprint density at radius 2 is 1.95 bits per heavy atom. The van der Waals surface area contributed by atoms with E-state index in [2.05, 4.69) is 9.44 Å². The summed E-state index contributed by atoms with van der Waals surface area (Å²) in [6.45, 7) is 0. The van der Waals surface area contributed by atoms with Gasteiger partial charge >= 0.3 is 0 Å². The van der Waals surface area contributed by atoms with E-state index in [0.717, 1.165) is 0 Å². The summed E-state index contributed by atoms with van der Waals surface area (Å²) in [7, 11) is -3.85. The number of rotatable bonds is 2. The maximum atomic E-state index is 12.2. The number of nitrogens with zero attached hydrogens (tertiary/aromatic N) is 1. The second kappa shape index (κ2) is 5.18. The topological polar surface area (TPSA) is 118 Å². The van der Waals surface area contributed by atoms with Crippen LogP contribution in [0.2, 0.25) is 0 Å². The molecule has 0 aromatic heterocycles. The van der Waals surface area contributed by atoms with Gasteiger partial charge in [0.25, 0.3) is 15.9 Å². The van der Waals surface area contributed by atoms with Crippen LogP contribution in [0.25, 0.3) is 0 Å². The molecule has 0 bridgehead atoms. The number of carbonyl (C=O) groups excluding carboxylic acids is 1. The van der Waals surface area contributed by atoms with Crippen LogP contribution < -0.4 is 9.44 Å². The van der Waals surface area contributed by atoms with Crippen molar-refractivity contribution in [2.45, 2.75) is 25.3 Å². The molecule has 3 rings (SSSR count). The lowest BCUT2D eigenvalue weighted by Gasteiger charge is -2.32. The summed E-state index contributed by atoms with van der Waals surface area (Å²) in [4.78, 5) is 22.8. The fraction of sp³-hybridized carbons (Fsp3) is 0.308. The van der Waals surface area contributed by atoms with Crippen molar-refractivity contribution >= 4 is 21.7 Å². The molecular weight excluding hydrogens is 310 g/mol. The maximum absolute atomic E-state index is 12.2. The van der Waals surface area contributed by atoms with E-state index < -0.39 is 21.2 Å². The summed E-state index contributed by atoms with van der Waals surface area (Å²) in [5.41, 5.74) is 0.552. The molecular formula is C13H13N3O5S. The van der Waals surface area contributed by atoms with Gasteiger partial charge in [0.2, 0.25) is 0 Å². The Hall–Kier alpha value is -2.26. The molecule has 0 amide bonds. The predicted octanol–water partition coefficient (Wildman–Crippen LogP) is 1.08. The van der Waals surface area contributed by atoms with Crippen LogP contribution in [0, 0.1) is 10.1 Å². The minimum atomic E-state index is -3.85.